The first-order chi connectivity index (χ1) is 8.72. The molecule has 1 atom stereocenters. The number of hydrogen-bond donors (Lipinski definition) is 1. The fourth-order valence-electron chi connectivity index (χ4n) is 3.94. The Morgan fingerprint density at radius 3 is 2.56 bits per heavy atom. The Hall–Kier alpha value is -0.0800. The van der Waals surface area contributed by atoms with E-state index in [1.54, 1.807) is 0 Å². The van der Waals surface area contributed by atoms with E-state index in [1.807, 2.05) is 0 Å². The number of rotatable bonds is 4. The third kappa shape index (κ3) is 4.24. The lowest BCUT2D eigenvalue weighted by Gasteiger charge is -2.38. The lowest BCUT2D eigenvalue weighted by molar-refractivity contribution is 0.175. The van der Waals surface area contributed by atoms with Crippen molar-refractivity contribution in [3.05, 3.63) is 0 Å². The molecule has 1 saturated carbocycles. The molecule has 0 aromatic carbocycles. The van der Waals surface area contributed by atoms with Crippen molar-refractivity contribution >= 4 is 0 Å². The number of hydrogen-bond acceptors (Lipinski definition) is 2. The fraction of sp³-hybridized carbons (Fsp3) is 1.00. The van der Waals surface area contributed by atoms with Gasteiger partial charge in [0.05, 0.1) is 0 Å². The molecule has 2 rings (SSSR count). The Bertz CT molecular complexity index is 233. The second-order valence-electron chi connectivity index (χ2n) is 6.78. The van der Waals surface area contributed by atoms with E-state index in [9.17, 15) is 0 Å². The van der Waals surface area contributed by atoms with Crippen LogP contribution >= 0.6 is 0 Å². The van der Waals surface area contributed by atoms with E-state index in [1.165, 1.54) is 77.3 Å². The molecule has 18 heavy (non-hydrogen) atoms. The molecule has 1 aliphatic carbocycles. The van der Waals surface area contributed by atoms with Crippen molar-refractivity contribution < 1.29 is 0 Å². The molecule has 2 fully saturated rings. The summed E-state index contributed by atoms with van der Waals surface area (Å²) in [7, 11) is 0. The van der Waals surface area contributed by atoms with E-state index in [4.69, 9.17) is 5.73 Å². The van der Waals surface area contributed by atoms with E-state index in [0.717, 1.165) is 12.5 Å². The number of nitrogens with zero attached hydrogens (tertiary/aromatic N) is 1. The molecule has 2 nitrogen and oxygen atoms in total. The molecular weight excluding hydrogens is 220 g/mol. The van der Waals surface area contributed by atoms with Crippen molar-refractivity contribution in [2.75, 3.05) is 19.6 Å². The van der Waals surface area contributed by atoms with Crippen molar-refractivity contribution in [2.45, 2.75) is 76.7 Å². The van der Waals surface area contributed by atoms with E-state index in [2.05, 4.69) is 11.8 Å². The van der Waals surface area contributed by atoms with Crippen LogP contribution in [0.4, 0.5) is 0 Å². The highest BCUT2D eigenvalue weighted by atomic mass is 15.1. The van der Waals surface area contributed by atoms with Gasteiger partial charge in [-0.1, -0.05) is 39.0 Å². The molecule has 0 bridgehead atoms. The van der Waals surface area contributed by atoms with Crippen LogP contribution in [0.5, 0.6) is 0 Å². The van der Waals surface area contributed by atoms with Crippen LogP contribution < -0.4 is 5.73 Å². The molecule has 2 heteroatoms. The van der Waals surface area contributed by atoms with Gasteiger partial charge < -0.3 is 10.6 Å². The van der Waals surface area contributed by atoms with Gasteiger partial charge in [-0.2, -0.15) is 0 Å². The minimum absolute atomic E-state index is 0.142. The van der Waals surface area contributed by atoms with E-state index in [-0.39, 0.29) is 5.54 Å². The van der Waals surface area contributed by atoms with Crippen molar-refractivity contribution in [1.82, 2.24) is 4.90 Å². The van der Waals surface area contributed by atoms with E-state index >= 15 is 0 Å². The smallest absolute Gasteiger partial charge is 0.0283 e. The zero-order chi connectivity index (χ0) is 12.8. The van der Waals surface area contributed by atoms with Crippen LogP contribution in [-0.4, -0.2) is 30.1 Å². The van der Waals surface area contributed by atoms with Gasteiger partial charge in [0.2, 0.25) is 0 Å². The average molecular weight is 252 g/mol. The Labute approximate surface area is 113 Å². The second-order valence-corrected chi connectivity index (χ2v) is 6.78. The maximum Gasteiger partial charge on any atom is 0.0283 e. The highest BCUT2D eigenvalue weighted by molar-refractivity contribution is 4.90. The van der Waals surface area contributed by atoms with Crippen LogP contribution in [0.15, 0.2) is 0 Å². The first kappa shape index (κ1) is 14.3. The van der Waals surface area contributed by atoms with Gasteiger partial charge >= 0.3 is 0 Å². The number of nitrogens with two attached hydrogens (primary N) is 1. The van der Waals surface area contributed by atoms with Crippen molar-refractivity contribution in [3.8, 4) is 0 Å². The molecule has 0 aromatic heterocycles. The minimum Gasteiger partial charge on any atom is -0.324 e. The van der Waals surface area contributed by atoms with Crippen LogP contribution in [0.3, 0.4) is 0 Å². The largest absolute Gasteiger partial charge is 0.324 e. The Morgan fingerprint density at radius 2 is 1.83 bits per heavy atom. The molecule has 1 unspecified atom stereocenters. The molecule has 0 spiro atoms. The van der Waals surface area contributed by atoms with Crippen molar-refractivity contribution in [3.63, 3.8) is 0 Å². The third-order valence-corrected chi connectivity index (χ3v) is 5.03. The quantitative estimate of drug-likeness (QED) is 0.829. The predicted octanol–water partition coefficient (Wildman–Crippen LogP) is 3.55. The monoisotopic (exact) mass is 252 g/mol. The maximum atomic E-state index is 6.59. The molecule has 0 radical (unpaired) electrons. The van der Waals surface area contributed by atoms with E-state index in [0.29, 0.717) is 0 Å². The highest BCUT2D eigenvalue weighted by Gasteiger charge is 2.30. The molecule has 106 valence electrons. The minimum atomic E-state index is 0.142. The standard InChI is InChI=1S/C16H32N2/c1-2-7-15-8-6-12-18(13-9-15)14-16(17)10-4-3-5-11-16/h15H,2-14,17H2,1H3. The SMILES string of the molecule is CCCC1CCCN(CC2(N)CCCCC2)CC1. The number of likely N-dealkylation sites (tertiary alicyclic amines) is 1. The van der Waals surface area contributed by atoms with Crippen LogP contribution in [0.1, 0.15) is 71.1 Å². The summed E-state index contributed by atoms with van der Waals surface area (Å²) < 4.78 is 0. The zero-order valence-electron chi connectivity index (χ0n) is 12.3. The van der Waals surface area contributed by atoms with Crippen LogP contribution in [0.2, 0.25) is 0 Å². The van der Waals surface area contributed by atoms with Crippen molar-refractivity contribution in [2.24, 2.45) is 11.7 Å². The molecule has 1 saturated heterocycles. The summed E-state index contributed by atoms with van der Waals surface area (Å²) in [5.74, 6) is 0.986. The van der Waals surface area contributed by atoms with Gasteiger partial charge in [0.15, 0.2) is 0 Å². The van der Waals surface area contributed by atoms with Gasteiger partial charge in [0.1, 0.15) is 0 Å². The first-order valence-corrected chi connectivity index (χ1v) is 8.23. The lowest BCUT2D eigenvalue weighted by atomic mass is 9.82. The van der Waals surface area contributed by atoms with Crippen molar-refractivity contribution in [1.29, 1.82) is 0 Å². The third-order valence-electron chi connectivity index (χ3n) is 5.03. The molecule has 1 heterocycles. The van der Waals surface area contributed by atoms with Gasteiger partial charge in [0.25, 0.3) is 0 Å². The molecule has 0 aromatic rings. The molecule has 2 aliphatic rings. The first-order valence-electron chi connectivity index (χ1n) is 8.23. The topological polar surface area (TPSA) is 29.3 Å². The molecular formula is C16H32N2. The average Bonchev–Trinajstić information content (AvgIpc) is 2.56. The summed E-state index contributed by atoms with van der Waals surface area (Å²) in [5.41, 5.74) is 6.73. The Morgan fingerprint density at radius 1 is 1.06 bits per heavy atom. The van der Waals surface area contributed by atoms with Gasteiger partial charge in [-0.15, -0.1) is 0 Å². The maximum absolute atomic E-state index is 6.59. The van der Waals surface area contributed by atoms with Crippen LogP contribution in [0, 0.1) is 5.92 Å². The fourth-order valence-corrected chi connectivity index (χ4v) is 3.94. The summed E-state index contributed by atoms with van der Waals surface area (Å²) in [5, 5.41) is 0. The summed E-state index contributed by atoms with van der Waals surface area (Å²) in [4.78, 5) is 2.67. The molecule has 1 aliphatic heterocycles. The summed E-state index contributed by atoms with van der Waals surface area (Å²) in [6.07, 6.45) is 13.6. The summed E-state index contributed by atoms with van der Waals surface area (Å²) in [6, 6.07) is 0. The lowest BCUT2D eigenvalue weighted by Crippen LogP contribution is -2.51. The van der Waals surface area contributed by atoms with Gasteiger partial charge in [-0.25, -0.2) is 0 Å². The Kier molecular flexibility index (Phi) is 5.50. The second kappa shape index (κ2) is 6.91. The van der Waals surface area contributed by atoms with Crippen LogP contribution in [0.25, 0.3) is 0 Å². The van der Waals surface area contributed by atoms with Gasteiger partial charge in [0, 0.05) is 12.1 Å². The van der Waals surface area contributed by atoms with Crippen LogP contribution in [-0.2, 0) is 0 Å². The normalized spacial score (nSPS) is 30.0. The molecule has 0 amide bonds. The summed E-state index contributed by atoms with van der Waals surface area (Å²) >= 11 is 0. The summed E-state index contributed by atoms with van der Waals surface area (Å²) in [6.45, 7) is 6.06. The highest BCUT2D eigenvalue weighted by Crippen LogP contribution is 2.28. The Balaban J connectivity index is 1.79. The zero-order valence-corrected chi connectivity index (χ0v) is 12.3. The van der Waals surface area contributed by atoms with Gasteiger partial charge in [-0.3, -0.25) is 0 Å². The van der Waals surface area contributed by atoms with Gasteiger partial charge in [-0.05, 0) is 51.1 Å². The predicted molar refractivity (Wildman–Crippen MR) is 78.7 cm³/mol. The molecule has 2 N–H and O–H groups in total. The van der Waals surface area contributed by atoms with E-state index < -0.39 is 0 Å².